The van der Waals surface area contributed by atoms with E-state index in [4.69, 9.17) is 4.99 Å². The number of benzene rings is 1. The topological polar surface area (TPSA) is 17.3 Å². The molecule has 0 atom stereocenters. The number of rotatable bonds is 3. The summed E-state index contributed by atoms with van der Waals surface area (Å²) < 4.78 is 15.3. The Hall–Kier alpha value is -1.72. The molecule has 0 radical (unpaired) electrons. The van der Waals surface area contributed by atoms with Crippen molar-refractivity contribution < 1.29 is 4.39 Å². The summed E-state index contributed by atoms with van der Waals surface area (Å²) in [5.74, 6) is -0.227. The Morgan fingerprint density at radius 3 is 2.57 bits per heavy atom. The number of halogens is 1. The summed E-state index contributed by atoms with van der Waals surface area (Å²) in [5.41, 5.74) is 2.05. The Bertz CT molecular complexity index is 809. The van der Waals surface area contributed by atoms with E-state index in [2.05, 4.69) is 27.5 Å². The molecule has 4 rings (SSSR count). The molecular formula is C16H13FN2S2. The van der Waals surface area contributed by atoms with Crippen LogP contribution in [0.2, 0.25) is 0 Å². The highest BCUT2D eigenvalue weighted by molar-refractivity contribution is 7.14. The van der Waals surface area contributed by atoms with E-state index in [0.29, 0.717) is 6.04 Å². The Morgan fingerprint density at radius 1 is 1.10 bits per heavy atom. The third kappa shape index (κ3) is 2.59. The zero-order valence-electron chi connectivity index (χ0n) is 11.2. The maximum Gasteiger partial charge on any atom is 0.190 e. The van der Waals surface area contributed by atoms with Crippen LogP contribution >= 0.6 is 22.7 Å². The fourth-order valence-electron chi connectivity index (χ4n) is 2.32. The minimum atomic E-state index is -0.227. The second-order valence-corrected chi connectivity index (χ2v) is 6.85. The van der Waals surface area contributed by atoms with E-state index in [0.717, 1.165) is 10.5 Å². The van der Waals surface area contributed by atoms with Crippen molar-refractivity contribution in [2.24, 2.45) is 4.99 Å². The molecule has 0 saturated heterocycles. The van der Waals surface area contributed by atoms with Gasteiger partial charge in [0.05, 0.1) is 16.3 Å². The van der Waals surface area contributed by atoms with Gasteiger partial charge >= 0.3 is 0 Å². The van der Waals surface area contributed by atoms with Crippen LogP contribution in [-0.4, -0.2) is 4.57 Å². The number of thiophene rings is 1. The molecule has 1 aromatic carbocycles. The SMILES string of the molecule is Fc1ccc(N=c2scc(-c3cccs3)n2C2CC2)cc1. The number of nitrogens with zero attached hydrogens (tertiary/aromatic N) is 2. The summed E-state index contributed by atoms with van der Waals surface area (Å²) >= 11 is 3.40. The Balaban J connectivity index is 1.84. The van der Waals surface area contributed by atoms with Crippen molar-refractivity contribution in [3.63, 3.8) is 0 Å². The van der Waals surface area contributed by atoms with Crippen molar-refractivity contribution in [3.05, 3.63) is 57.8 Å². The van der Waals surface area contributed by atoms with Gasteiger partial charge in [-0.1, -0.05) is 6.07 Å². The minimum Gasteiger partial charge on any atom is -0.313 e. The van der Waals surface area contributed by atoms with Gasteiger partial charge < -0.3 is 4.57 Å². The fraction of sp³-hybridized carbons (Fsp3) is 0.188. The predicted octanol–water partition coefficient (Wildman–Crippen LogP) is 4.98. The summed E-state index contributed by atoms with van der Waals surface area (Å²) in [6, 6.07) is 11.1. The van der Waals surface area contributed by atoms with Crippen molar-refractivity contribution in [3.8, 4) is 10.6 Å². The zero-order valence-corrected chi connectivity index (χ0v) is 12.8. The van der Waals surface area contributed by atoms with E-state index < -0.39 is 0 Å². The highest BCUT2D eigenvalue weighted by atomic mass is 32.1. The molecule has 3 aromatic rings. The molecule has 0 spiro atoms. The second kappa shape index (κ2) is 5.24. The second-order valence-electron chi connectivity index (χ2n) is 5.07. The van der Waals surface area contributed by atoms with E-state index in [1.54, 1.807) is 34.8 Å². The van der Waals surface area contributed by atoms with E-state index >= 15 is 0 Å². The minimum absolute atomic E-state index is 0.227. The molecule has 0 bridgehead atoms. The van der Waals surface area contributed by atoms with Crippen molar-refractivity contribution in [2.45, 2.75) is 18.9 Å². The summed E-state index contributed by atoms with van der Waals surface area (Å²) in [7, 11) is 0. The average molecular weight is 316 g/mol. The Labute approximate surface area is 129 Å². The molecule has 0 unspecified atom stereocenters. The maximum absolute atomic E-state index is 13.0. The first-order valence-electron chi connectivity index (χ1n) is 6.85. The Kier molecular flexibility index (Phi) is 3.24. The van der Waals surface area contributed by atoms with Gasteiger partial charge in [-0.2, -0.15) is 0 Å². The lowest BCUT2D eigenvalue weighted by Crippen LogP contribution is -2.13. The molecule has 0 aliphatic heterocycles. The van der Waals surface area contributed by atoms with Crippen LogP contribution in [0.1, 0.15) is 18.9 Å². The summed E-state index contributed by atoms with van der Waals surface area (Å²) in [6.45, 7) is 0. The van der Waals surface area contributed by atoms with Gasteiger partial charge in [-0.05, 0) is 48.6 Å². The van der Waals surface area contributed by atoms with Gasteiger partial charge in [-0.15, -0.1) is 22.7 Å². The normalized spacial score (nSPS) is 15.6. The van der Waals surface area contributed by atoms with E-state index in [9.17, 15) is 4.39 Å². The third-order valence-corrected chi connectivity index (χ3v) is 5.21. The van der Waals surface area contributed by atoms with E-state index in [1.165, 1.54) is 35.5 Å². The van der Waals surface area contributed by atoms with Crippen molar-refractivity contribution >= 4 is 28.4 Å². The van der Waals surface area contributed by atoms with Gasteiger partial charge in [-0.3, -0.25) is 0 Å². The van der Waals surface area contributed by atoms with Crippen molar-refractivity contribution in [1.29, 1.82) is 0 Å². The summed E-state index contributed by atoms with van der Waals surface area (Å²) in [6.07, 6.45) is 2.43. The Morgan fingerprint density at radius 2 is 1.90 bits per heavy atom. The monoisotopic (exact) mass is 316 g/mol. The lowest BCUT2D eigenvalue weighted by atomic mass is 10.3. The van der Waals surface area contributed by atoms with Gasteiger partial charge in [0.1, 0.15) is 5.82 Å². The first-order valence-corrected chi connectivity index (χ1v) is 8.61. The molecule has 1 saturated carbocycles. The summed E-state index contributed by atoms with van der Waals surface area (Å²) in [5, 5.41) is 4.27. The molecule has 1 fully saturated rings. The molecule has 0 amide bonds. The van der Waals surface area contributed by atoms with Crippen LogP contribution in [0, 0.1) is 5.82 Å². The molecule has 21 heavy (non-hydrogen) atoms. The largest absolute Gasteiger partial charge is 0.313 e. The molecule has 2 aromatic heterocycles. The van der Waals surface area contributed by atoms with Crippen molar-refractivity contribution in [2.75, 3.05) is 0 Å². The maximum atomic E-state index is 13.0. The predicted molar refractivity (Wildman–Crippen MR) is 85.5 cm³/mol. The van der Waals surface area contributed by atoms with Gasteiger partial charge in [0.25, 0.3) is 0 Å². The lowest BCUT2D eigenvalue weighted by molar-refractivity contribution is 0.628. The molecule has 2 heterocycles. The van der Waals surface area contributed by atoms with Crippen LogP contribution in [0.3, 0.4) is 0 Å². The van der Waals surface area contributed by atoms with Crippen LogP contribution in [0.25, 0.3) is 10.6 Å². The molecule has 106 valence electrons. The van der Waals surface area contributed by atoms with Crippen LogP contribution in [0.5, 0.6) is 0 Å². The van der Waals surface area contributed by atoms with Crippen LogP contribution in [0.15, 0.2) is 52.2 Å². The molecule has 1 aliphatic carbocycles. The van der Waals surface area contributed by atoms with Crippen LogP contribution in [0.4, 0.5) is 10.1 Å². The molecular weight excluding hydrogens is 303 g/mol. The first kappa shape index (κ1) is 13.0. The summed E-state index contributed by atoms with van der Waals surface area (Å²) in [4.78, 5) is 6.96. The van der Waals surface area contributed by atoms with Gasteiger partial charge in [0, 0.05) is 11.4 Å². The van der Waals surface area contributed by atoms with Crippen LogP contribution < -0.4 is 4.80 Å². The standard InChI is InChI=1S/C16H13FN2S2/c17-11-3-5-12(6-4-11)18-16-19(13-7-8-13)14(10-21-16)15-2-1-9-20-15/h1-6,9-10,13H,7-8H2. The van der Waals surface area contributed by atoms with Gasteiger partial charge in [-0.25, -0.2) is 9.38 Å². The fourth-order valence-corrected chi connectivity index (χ4v) is 4.11. The highest BCUT2D eigenvalue weighted by Crippen LogP contribution is 2.39. The number of aromatic nitrogens is 1. The van der Waals surface area contributed by atoms with Gasteiger partial charge in [0.2, 0.25) is 0 Å². The number of hydrogen-bond acceptors (Lipinski definition) is 3. The first-order chi connectivity index (χ1) is 10.3. The van der Waals surface area contributed by atoms with Crippen molar-refractivity contribution in [1.82, 2.24) is 4.57 Å². The quantitative estimate of drug-likeness (QED) is 0.648. The number of hydrogen-bond donors (Lipinski definition) is 0. The number of thiazole rings is 1. The third-order valence-electron chi connectivity index (χ3n) is 3.48. The smallest absolute Gasteiger partial charge is 0.190 e. The van der Waals surface area contributed by atoms with Crippen LogP contribution in [-0.2, 0) is 0 Å². The highest BCUT2D eigenvalue weighted by Gasteiger charge is 2.27. The van der Waals surface area contributed by atoms with Gasteiger partial charge in [0.15, 0.2) is 4.80 Å². The van der Waals surface area contributed by atoms with E-state index in [1.807, 2.05) is 0 Å². The molecule has 0 N–H and O–H groups in total. The molecule has 5 heteroatoms. The van der Waals surface area contributed by atoms with E-state index in [-0.39, 0.29) is 5.82 Å². The lowest BCUT2D eigenvalue weighted by Gasteiger charge is -2.05. The molecule has 2 nitrogen and oxygen atoms in total. The zero-order chi connectivity index (χ0) is 14.2. The average Bonchev–Trinajstić information content (AvgIpc) is 3.01. The molecule has 1 aliphatic rings.